The smallest absolute Gasteiger partial charge is 0.00498 e. The highest BCUT2D eigenvalue weighted by Crippen LogP contribution is 2.44. The summed E-state index contributed by atoms with van der Waals surface area (Å²) in [5.74, 6) is 0. The maximum absolute atomic E-state index is 2.38. The van der Waals surface area contributed by atoms with Crippen molar-refractivity contribution in [3.05, 3.63) is 0 Å². The molecular weight excluding hydrogens is 122 g/mol. The van der Waals surface area contributed by atoms with E-state index in [1.165, 1.54) is 13.1 Å². The molecule has 0 unspecified atom stereocenters. The second-order valence-electron chi connectivity index (χ2n) is 4.98. The molecule has 0 amide bonds. The van der Waals surface area contributed by atoms with Gasteiger partial charge in [0.05, 0.1) is 0 Å². The fourth-order valence-corrected chi connectivity index (χ4v) is 1.62. The molecule has 0 aromatic rings. The van der Waals surface area contributed by atoms with Crippen molar-refractivity contribution in [1.82, 2.24) is 4.90 Å². The van der Waals surface area contributed by atoms with Gasteiger partial charge in [-0.1, -0.05) is 27.7 Å². The molecule has 1 heteroatoms. The topological polar surface area (TPSA) is 3.24 Å². The van der Waals surface area contributed by atoms with Gasteiger partial charge in [-0.15, -0.1) is 0 Å². The minimum absolute atomic E-state index is 0.472. The van der Waals surface area contributed by atoms with Crippen LogP contribution < -0.4 is 0 Å². The Hall–Kier alpha value is -0.0400. The van der Waals surface area contributed by atoms with E-state index in [1.54, 1.807) is 0 Å². The molecule has 60 valence electrons. The zero-order chi connectivity index (χ0) is 7.99. The van der Waals surface area contributed by atoms with Crippen molar-refractivity contribution in [3.63, 3.8) is 0 Å². The number of nitrogens with zero attached hydrogens (tertiary/aromatic N) is 1. The van der Waals surface area contributed by atoms with Gasteiger partial charge in [0.2, 0.25) is 0 Å². The number of likely N-dealkylation sites (tertiary alicyclic amines) is 1. The third kappa shape index (κ3) is 1.07. The van der Waals surface area contributed by atoms with Crippen LogP contribution in [-0.4, -0.2) is 25.0 Å². The van der Waals surface area contributed by atoms with Crippen molar-refractivity contribution in [1.29, 1.82) is 0 Å². The van der Waals surface area contributed by atoms with E-state index in [-0.39, 0.29) is 0 Å². The first-order chi connectivity index (χ1) is 4.35. The summed E-state index contributed by atoms with van der Waals surface area (Å²) in [6, 6.07) is 0. The van der Waals surface area contributed by atoms with Crippen LogP contribution in [0.15, 0.2) is 0 Å². The first-order valence-electron chi connectivity index (χ1n) is 4.04. The van der Waals surface area contributed by atoms with Gasteiger partial charge in [-0.3, -0.25) is 0 Å². The molecule has 0 atom stereocenters. The summed E-state index contributed by atoms with van der Waals surface area (Å²) in [6.07, 6.45) is 0. The molecule has 1 rings (SSSR count). The SMILES string of the molecule is CN1CC(C)(C(C)(C)C)C1. The van der Waals surface area contributed by atoms with Crippen LogP contribution >= 0.6 is 0 Å². The van der Waals surface area contributed by atoms with Crippen molar-refractivity contribution < 1.29 is 0 Å². The molecule has 1 aliphatic rings. The van der Waals surface area contributed by atoms with Gasteiger partial charge in [-0.05, 0) is 17.9 Å². The van der Waals surface area contributed by atoms with E-state index < -0.39 is 0 Å². The van der Waals surface area contributed by atoms with Gasteiger partial charge in [-0.2, -0.15) is 0 Å². The Labute approximate surface area is 64.4 Å². The van der Waals surface area contributed by atoms with E-state index >= 15 is 0 Å². The van der Waals surface area contributed by atoms with Crippen LogP contribution in [0.25, 0.3) is 0 Å². The lowest BCUT2D eigenvalue weighted by Gasteiger charge is -2.54. The molecule has 0 radical (unpaired) electrons. The number of hydrogen-bond acceptors (Lipinski definition) is 1. The standard InChI is InChI=1S/C9H19N/c1-8(2,3)9(4)6-10(5)7-9/h6-7H2,1-5H3. The van der Waals surface area contributed by atoms with E-state index in [4.69, 9.17) is 0 Å². The Bertz CT molecular complexity index is 126. The largest absolute Gasteiger partial charge is 0.305 e. The minimum Gasteiger partial charge on any atom is -0.305 e. The Kier molecular flexibility index (Phi) is 1.59. The van der Waals surface area contributed by atoms with Gasteiger partial charge >= 0.3 is 0 Å². The van der Waals surface area contributed by atoms with Gasteiger partial charge in [-0.25, -0.2) is 0 Å². The summed E-state index contributed by atoms with van der Waals surface area (Å²) in [4.78, 5) is 2.38. The molecule has 1 saturated heterocycles. The van der Waals surface area contributed by atoms with Crippen molar-refractivity contribution >= 4 is 0 Å². The van der Waals surface area contributed by atoms with Crippen molar-refractivity contribution in [2.45, 2.75) is 27.7 Å². The van der Waals surface area contributed by atoms with Crippen LogP contribution in [0, 0.1) is 10.8 Å². The first kappa shape index (κ1) is 8.06. The number of rotatable bonds is 0. The van der Waals surface area contributed by atoms with E-state index in [2.05, 4.69) is 39.6 Å². The number of hydrogen-bond donors (Lipinski definition) is 0. The van der Waals surface area contributed by atoms with Crippen molar-refractivity contribution in [2.24, 2.45) is 10.8 Å². The third-order valence-electron chi connectivity index (χ3n) is 3.05. The normalized spacial score (nSPS) is 26.1. The predicted octanol–water partition coefficient (Wildman–Crippen LogP) is 1.98. The van der Waals surface area contributed by atoms with Gasteiger partial charge in [0.1, 0.15) is 0 Å². The Morgan fingerprint density at radius 1 is 1.20 bits per heavy atom. The Morgan fingerprint density at radius 2 is 1.60 bits per heavy atom. The molecule has 0 aliphatic carbocycles. The molecule has 1 fully saturated rings. The van der Waals surface area contributed by atoms with Crippen LogP contribution in [0.5, 0.6) is 0 Å². The second kappa shape index (κ2) is 1.97. The summed E-state index contributed by atoms with van der Waals surface area (Å²) < 4.78 is 0. The highest BCUT2D eigenvalue weighted by atomic mass is 15.2. The monoisotopic (exact) mass is 141 g/mol. The predicted molar refractivity (Wildman–Crippen MR) is 45.1 cm³/mol. The average Bonchev–Trinajstić information content (AvgIpc) is 1.58. The fourth-order valence-electron chi connectivity index (χ4n) is 1.62. The van der Waals surface area contributed by atoms with E-state index in [0.717, 1.165) is 0 Å². The summed E-state index contributed by atoms with van der Waals surface area (Å²) in [5, 5.41) is 0. The first-order valence-corrected chi connectivity index (χ1v) is 4.04. The molecule has 0 spiro atoms. The van der Waals surface area contributed by atoms with Crippen LogP contribution in [0.1, 0.15) is 27.7 Å². The summed E-state index contributed by atoms with van der Waals surface area (Å²) in [7, 11) is 2.19. The Morgan fingerprint density at radius 3 is 1.70 bits per heavy atom. The van der Waals surface area contributed by atoms with Gasteiger partial charge in [0, 0.05) is 13.1 Å². The Balaban J connectivity index is 2.57. The maximum atomic E-state index is 2.38. The van der Waals surface area contributed by atoms with Gasteiger partial charge < -0.3 is 4.90 Å². The molecule has 0 N–H and O–H groups in total. The molecule has 1 nitrogen and oxygen atoms in total. The van der Waals surface area contributed by atoms with Crippen LogP contribution in [0.3, 0.4) is 0 Å². The molecule has 1 aliphatic heterocycles. The highest BCUT2D eigenvalue weighted by Gasteiger charge is 2.45. The van der Waals surface area contributed by atoms with Crippen molar-refractivity contribution in [3.8, 4) is 0 Å². The minimum atomic E-state index is 0.472. The summed E-state index contributed by atoms with van der Waals surface area (Å²) in [6.45, 7) is 11.9. The average molecular weight is 141 g/mol. The lowest BCUT2D eigenvalue weighted by molar-refractivity contribution is -0.0508. The molecule has 1 heterocycles. The zero-order valence-electron chi connectivity index (χ0n) is 7.86. The zero-order valence-corrected chi connectivity index (χ0v) is 7.86. The highest BCUT2D eigenvalue weighted by molar-refractivity contribution is 4.97. The lowest BCUT2D eigenvalue weighted by atomic mass is 9.63. The van der Waals surface area contributed by atoms with Crippen molar-refractivity contribution in [2.75, 3.05) is 20.1 Å². The molecule has 10 heavy (non-hydrogen) atoms. The van der Waals surface area contributed by atoms with E-state index in [1.807, 2.05) is 0 Å². The molecule has 0 aromatic heterocycles. The molecule has 0 saturated carbocycles. The van der Waals surface area contributed by atoms with Crippen LogP contribution in [0.4, 0.5) is 0 Å². The van der Waals surface area contributed by atoms with E-state index in [9.17, 15) is 0 Å². The van der Waals surface area contributed by atoms with Crippen LogP contribution in [0.2, 0.25) is 0 Å². The summed E-state index contributed by atoms with van der Waals surface area (Å²) in [5.41, 5.74) is 1.03. The maximum Gasteiger partial charge on any atom is 0.00498 e. The molecular formula is C9H19N. The molecule has 0 bridgehead atoms. The summed E-state index contributed by atoms with van der Waals surface area (Å²) >= 11 is 0. The fraction of sp³-hybridized carbons (Fsp3) is 1.00. The van der Waals surface area contributed by atoms with E-state index in [0.29, 0.717) is 10.8 Å². The second-order valence-corrected chi connectivity index (χ2v) is 4.98. The van der Waals surface area contributed by atoms with Gasteiger partial charge in [0.15, 0.2) is 0 Å². The van der Waals surface area contributed by atoms with Gasteiger partial charge in [0.25, 0.3) is 0 Å². The van der Waals surface area contributed by atoms with Crippen LogP contribution in [-0.2, 0) is 0 Å². The third-order valence-corrected chi connectivity index (χ3v) is 3.05. The lowest BCUT2D eigenvalue weighted by Crippen LogP contribution is -2.58. The molecule has 0 aromatic carbocycles. The quantitative estimate of drug-likeness (QED) is 0.498.